The minimum atomic E-state index is -0.934. The fourth-order valence-electron chi connectivity index (χ4n) is 6.52. The first kappa shape index (κ1) is 30.7. The highest BCUT2D eigenvalue weighted by Crippen LogP contribution is 2.56. The molecule has 9 heteroatoms. The van der Waals surface area contributed by atoms with Gasteiger partial charge in [0.2, 0.25) is 0 Å². The summed E-state index contributed by atoms with van der Waals surface area (Å²) in [5.41, 5.74) is 3.48. The molecule has 0 unspecified atom stereocenters. The summed E-state index contributed by atoms with van der Waals surface area (Å²) >= 11 is 7.26. The van der Waals surface area contributed by atoms with Crippen molar-refractivity contribution in [1.82, 2.24) is 4.90 Å². The van der Waals surface area contributed by atoms with E-state index in [-0.39, 0.29) is 47.8 Å². The number of ketones is 2. The molecule has 2 aromatic rings. The summed E-state index contributed by atoms with van der Waals surface area (Å²) in [6, 6.07) is 9.82. The Labute approximate surface area is 262 Å². The molecule has 1 heterocycles. The molecular formula is C33H34Br2FNO5. The first-order valence-electron chi connectivity index (χ1n) is 14.0. The van der Waals surface area contributed by atoms with Crippen molar-refractivity contribution in [2.24, 2.45) is 10.8 Å². The van der Waals surface area contributed by atoms with Gasteiger partial charge in [0.05, 0.1) is 10.9 Å². The third-order valence-electron chi connectivity index (χ3n) is 8.22. The zero-order valence-electron chi connectivity index (χ0n) is 24.2. The average Bonchev–Trinajstić information content (AvgIpc) is 2.85. The zero-order valence-corrected chi connectivity index (χ0v) is 27.3. The van der Waals surface area contributed by atoms with Crippen LogP contribution in [0.4, 0.5) is 4.39 Å². The van der Waals surface area contributed by atoms with E-state index in [4.69, 9.17) is 4.74 Å². The molecule has 2 aromatic carbocycles. The maximum absolute atomic E-state index is 14.1. The maximum Gasteiger partial charge on any atom is 0.305 e. The number of nitrogens with zero attached hydrogens (tertiary/aromatic N) is 1. The van der Waals surface area contributed by atoms with Gasteiger partial charge >= 0.3 is 5.97 Å². The van der Waals surface area contributed by atoms with E-state index < -0.39 is 11.9 Å². The SMILES string of the molecule is CC1(C)CC(=O)C2=C(C1)N(CCC(=O)O)C1=C(C(=O)CC(C)(C)C1)C2c1cc(Br)cc(Br)c1OCc1ccc(F)cc1. The number of Topliss-reactive ketones (excluding diaryl/α,β-unsaturated/α-hetero) is 2. The zero-order chi connectivity index (χ0) is 30.6. The van der Waals surface area contributed by atoms with E-state index in [2.05, 4.69) is 31.9 Å². The van der Waals surface area contributed by atoms with E-state index >= 15 is 0 Å². The van der Waals surface area contributed by atoms with Crippen molar-refractivity contribution in [3.63, 3.8) is 0 Å². The van der Waals surface area contributed by atoms with Crippen LogP contribution < -0.4 is 4.74 Å². The van der Waals surface area contributed by atoms with Crippen molar-refractivity contribution in [3.05, 3.63) is 84.8 Å². The first-order valence-corrected chi connectivity index (χ1v) is 15.6. The van der Waals surface area contributed by atoms with Crippen molar-refractivity contribution < 1.29 is 28.6 Å². The van der Waals surface area contributed by atoms with E-state index in [9.17, 15) is 23.9 Å². The molecule has 222 valence electrons. The number of halogens is 3. The van der Waals surface area contributed by atoms with Crippen LogP contribution in [0.25, 0.3) is 0 Å². The molecule has 6 nitrogen and oxygen atoms in total. The molecule has 0 atom stereocenters. The summed E-state index contributed by atoms with van der Waals surface area (Å²) in [5, 5.41) is 9.60. The summed E-state index contributed by atoms with van der Waals surface area (Å²) in [7, 11) is 0. The van der Waals surface area contributed by atoms with Gasteiger partial charge in [0.1, 0.15) is 18.2 Å². The van der Waals surface area contributed by atoms with Gasteiger partial charge in [-0.25, -0.2) is 4.39 Å². The fourth-order valence-corrected chi connectivity index (χ4v) is 7.89. The fraction of sp³-hybridized carbons (Fsp3) is 0.424. The lowest BCUT2D eigenvalue weighted by atomic mass is 9.63. The van der Waals surface area contributed by atoms with E-state index in [1.807, 2.05) is 44.7 Å². The Hall–Kier alpha value is -2.78. The number of carbonyl (C=O) groups is 3. The second kappa shape index (κ2) is 11.4. The Kier molecular flexibility index (Phi) is 8.31. The Morgan fingerprint density at radius 3 is 2.02 bits per heavy atom. The van der Waals surface area contributed by atoms with Gasteiger partial charge in [-0.05, 0) is 69.4 Å². The average molecular weight is 703 g/mol. The van der Waals surface area contributed by atoms with E-state index in [1.165, 1.54) is 12.1 Å². The molecule has 0 saturated carbocycles. The van der Waals surface area contributed by atoms with Gasteiger partial charge in [-0.15, -0.1) is 0 Å². The first-order chi connectivity index (χ1) is 19.7. The van der Waals surface area contributed by atoms with Crippen LogP contribution in [0.5, 0.6) is 5.75 Å². The normalized spacial score (nSPS) is 20.0. The predicted octanol–water partition coefficient (Wildman–Crippen LogP) is 8.09. The topological polar surface area (TPSA) is 83.9 Å². The second-order valence-corrected chi connectivity index (χ2v) is 14.8. The molecule has 0 spiro atoms. The summed E-state index contributed by atoms with van der Waals surface area (Å²) in [4.78, 5) is 41.8. The van der Waals surface area contributed by atoms with Crippen LogP contribution in [-0.2, 0) is 21.0 Å². The number of benzene rings is 2. The number of hydrogen-bond acceptors (Lipinski definition) is 5. The Balaban J connectivity index is 1.73. The Bertz CT molecular complexity index is 1490. The number of allylic oxidation sites excluding steroid dienone is 4. The largest absolute Gasteiger partial charge is 0.487 e. The Morgan fingerprint density at radius 1 is 0.952 bits per heavy atom. The standard InChI is InChI=1S/C33H34Br2FNO5/c1-32(2)13-23-29(25(38)15-32)28(30-24(37(23)10-9-27(40)41)14-33(3,4)16-26(30)39)21-11-19(34)12-22(35)31(21)42-17-18-5-7-20(36)8-6-18/h5-8,11-12,28H,9-10,13-17H2,1-4H3,(H,40,41). The highest BCUT2D eigenvalue weighted by Gasteiger charge is 2.49. The van der Waals surface area contributed by atoms with Gasteiger partial charge < -0.3 is 14.7 Å². The molecule has 3 aliphatic rings. The molecule has 0 saturated heterocycles. The van der Waals surface area contributed by atoms with Crippen LogP contribution in [-0.4, -0.2) is 34.1 Å². The Morgan fingerprint density at radius 2 is 1.50 bits per heavy atom. The lowest BCUT2D eigenvalue weighted by Crippen LogP contribution is -2.45. The molecule has 2 aliphatic carbocycles. The van der Waals surface area contributed by atoms with Crippen LogP contribution in [0.1, 0.15) is 76.8 Å². The second-order valence-electron chi connectivity index (χ2n) is 13.1. The molecule has 0 fully saturated rings. The summed E-state index contributed by atoms with van der Waals surface area (Å²) in [5.74, 6) is -1.53. The number of ether oxygens (including phenoxy) is 1. The number of hydrogen-bond donors (Lipinski definition) is 1. The van der Waals surface area contributed by atoms with Crippen LogP contribution in [0, 0.1) is 16.6 Å². The predicted molar refractivity (Wildman–Crippen MR) is 164 cm³/mol. The molecule has 5 rings (SSSR count). The lowest BCUT2D eigenvalue weighted by molar-refractivity contribution is -0.137. The quantitative estimate of drug-likeness (QED) is 0.314. The van der Waals surface area contributed by atoms with Gasteiger partial charge in [0, 0.05) is 57.9 Å². The molecule has 1 N–H and O–H groups in total. The maximum atomic E-state index is 14.1. The van der Waals surface area contributed by atoms with Crippen LogP contribution in [0.2, 0.25) is 0 Å². The smallest absolute Gasteiger partial charge is 0.305 e. The number of carboxylic acids is 1. The lowest BCUT2D eigenvalue weighted by Gasteiger charge is -2.49. The molecular weight excluding hydrogens is 669 g/mol. The third kappa shape index (κ3) is 6.13. The summed E-state index contributed by atoms with van der Waals surface area (Å²) < 4.78 is 21.3. The summed E-state index contributed by atoms with van der Waals surface area (Å²) in [6.07, 6.45) is 1.68. The molecule has 42 heavy (non-hydrogen) atoms. The van der Waals surface area contributed by atoms with Gasteiger partial charge in [-0.3, -0.25) is 14.4 Å². The van der Waals surface area contributed by atoms with Gasteiger partial charge in [0.25, 0.3) is 0 Å². The third-order valence-corrected chi connectivity index (χ3v) is 9.26. The molecule has 0 radical (unpaired) electrons. The molecule has 1 aliphatic heterocycles. The van der Waals surface area contributed by atoms with Gasteiger partial charge in [-0.2, -0.15) is 0 Å². The number of carboxylic acid groups (broad SMARTS) is 1. The number of rotatable bonds is 7. The van der Waals surface area contributed by atoms with Crippen molar-refractivity contribution >= 4 is 49.4 Å². The van der Waals surface area contributed by atoms with Gasteiger partial charge in [-0.1, -0.05) is 55.8 Å². The van der Waals surface area contributed by atoms with Crippen molar-refractivity contribution in [2.45, 2.75) is 72.3 Å². The molecule has 0 aromatic heterocycles. The van der Waals surface area contributed by atoms with Crippen LogP contribution in [0.3, 0.4) is 0 Å². The van der Waals surface area contributed by atoms with Gasteiger partial charge in [0.15, 0.2) is 11.6 Å². The minimum Gasteiger partial charge on any atom is -0.487 e. The number of carbonyl (C=O) groups excluding carboxylic acids is 2. The monoisotopic (exact) mass is 701 g/mol. The van der Waals surface area contributed by atoms with E-state index in [0.717, 1.165) is 21.4 Å². The van der Waals surface area contributed by atoms with E-state index in [1.54, 1.807) is 12.1 Å². The molecule has 0 bridgehead atoms. The number of aliphatic carboxylic acids is 1. The molecule has 0 amide bonds. The summed E-state index contributed by atoms with van der Waals surface area (Å²) in [6.45, 7) is 8.53. The van der Waals surface area contributed by atoms with Crippen molar-refractivity contribution in [1.29, 1.82) is 0 Å². The highest BCUT2D eigenvalue weighted by molar-refractivity contribution is 9.11. The van der Waals surface area contributed by atoms with Crippen molar-refractivity contribution in [3.8, 4) is 5.75 Å². The highest BCUT2D eigenvalue weighted by atomic mass is 79.9. The van der Waals surface area contributed by atoms with E-state index in [0.29, 0.717) is 52.6 Å². The van der Waals surface area contributed by atoms with Crippen LogP contribution >= 0.6 is 31.9 Å². The van der Waals surface area contributed by atoms with Crippen LogP contribution in [0.15, 0.2) is 67.9 Å². The van der Waals surface area contributed by atoms with Crippen molar-refractivity contribution in [2.75, 3.05) is 6.54 Å². The minimum absolute atomic E-state index is 0.0451.